The predicted molar refractivity (Wildman–Crippen MR) is 72.5 cm³/mol. The van der Waals surface area contributed by atoms with E-state index in [2.05, 4.69) is 5.32 Å². The molecule has 0 aromatic rings. The van der Waals surface area contributed by atoms with Crippen molar-refractivity contribution in [2.24, 2.45) is 11.1 Å². The molecule has 1 rings (SSSR count). The van der Waals surface area contributed by atoms with Crippen LogP contribution in [0, 0.1) is 5.41 Å². The molecular formula is C13H25N3O3. The number of amides is 2. The number of hydrogen-bond acceptors (Lipinski definition) is 4. The number of hydrogen-bond donors (Lipinski definition) is 2. The van der Waals surface area contributed by atoms with E-state index in [0.717, 1.165) is 0 Å². The van der Waals surface area contributed by atoms with Crippen molar-refractivity contribution in [1.82, 2.24) is 10.2 Å². The van der Waals surface area contributed by atoms with Crippen LogP contribution < -0.4 is 11.1 Å². The first-order valence-electron chi connectivity index (χ1n) is 6.82. The lowest BCUT2D eigenvalue weighted by Gasteiger charge is -2.31. The third kappa shape index (κ3) is 3.91. The van der Waals surface area contributed by atoms with Crippen LogP contribution in [-0.2, 0) is 14.3 Å². The zero-order valence-corrected chi connectivity index (χ0v) is 12.1. The minimum atomic E-state index is -0.612. The smallest absolute Gasteiger partial charge is 0.245 e. The Hall–Kier alpha value is -1.14. The standard InChI is InChI=1S/C13H25N3O3/c1-4-13(3,9-14)12(18)15-10(2)11(17)16-5-7-19-8-6-16/h10H,4-9,14H2,1-3H3,(H,15,18). The van der Waals surface area contributed by atoms with E-state index in [9.17, 15) is 9.59 Å². The molecular weight excluding hydrogens is 246 g/mol. The Morgan fingerprint density at radius 3 is 2.47 bits per heavy atom. The first-order valence-corrected chi connectivity index (χ1v) is 6.82. The summed E-state index contributed by atoms with van der Waals surface area (Å²) in [7, 11) is 0. The minimum absolute atomic E-state index is 0.0628. The molecule has 0 spiro atoms. The van der Waals surface area contributed by atoms with Crippen molar-refractivity contribution >= 4 is 11.8 Å². The Morgan fingerprint density at radius 2 is 2.00 bits per heavy atom. The van der Waals surface area contributed by atoms with E-state index in [1.807, 2.05) is 13.8 Å². The second-order valence-corrected chi connectivity index (χ2v) is 5.25. The first kappa shape index (κ1) is 15.9. The molecule has 0 radical (unpaired) electrons. The van der Waals surface area contributed by atoms with E-state index in [0.29, 0.717) is 32.7 Å². The number of nitrogens with one attached hydrogen (secondary N) is 1. The summed E-state index contributed by atoms with van der Waals surface area (Å²) in [4.78, 5) is 26.0. The molecule has 2 unspecified atom stereocenters. The van der Waals surface area contributed by atoms with Crippen molar-refractivity contribution in [3.05, 3.63) is 0 Å². The van der Waals surface area contributed by atoms with E-state index >= 15 is 0 Å². The van der Waals surface area contributed by atoms with Gasteiger partial charge in [-0.15, -0.1) is 0 Å². The van der Waals surface area contributed by atoms with Crippen LogP contribution in [0.5, 0.6) is 0 Å². The SMILES string of the molecule is CCC(C)(CN)C(=O)NC(C)C(=O)N1CCOCC1. The molecule has 3 N–H and O–H groups in total. The Labute approximate surface area is 114 Å². The summed E-state index contributed by atoms with van der Waals surface area (Å²) in [5.74, 6) is -0.223. The molecule has 0 aromatic heterocycles. The largest absolute Gasteiger partial charge is 0.378 e. The van der Waals surface area contributed by atoms with E-state index in [-0.39, 0.29) is 18.4 Å². The molecule has 1 aliphatic heterocycles. The molecule has 19 heavy (non-hydrogen) atoms. The highest BCUT2D eigenvalue weighted by molar-refractivity contribution is 5.89. The van der Waals surface area contributed by atoms with Crippen molar-refractivity contribution in [2.75, 3.05) is 32.8 Å². The summed E-state index contributed by atoms with van der Waals surface area (Å²) in [6.45, 7) is 8.00. The lowest BCUT2D eigenvalue weighted by molar-refractivity contribution is -0.141. The molecule has 2 amide bonds. The average Bonchev–Trinajstić information content (AvgIpc) is 2.46. The molecule has 110 valence electrons. The van der Waals surface area contributed by atoms with Crippen molar-refractivity contribution in [3.63, 3.8) is 0 Å². The maximum Gasteiger partial charge on any atom is 0.245 e. The van der Waals surface area contributed by atoms with Gasteiger partial charge in [0.1, 0.15) is 6.04 Å². The van der Waals surface area contributed by atoms with Gasteiger partial charge in [-0.05, 0) is 20.3 Å². The van der Waals surface area contributed by atoms with Gasteiger partial charge in [0.2, 0.25) is 11.8 Å². The fourth-order valence-electron chi connectivity index (χ4n) is 1.89. The number of carbonyl (C=O) groups is 2. The van der Waals surface area contributed by atoms with Crippen molar-refractivity contribution in [1.29, 1.82) is 0 Å². The third-order valence-electron chi connectivity index (χ3n) is 3.82. The number of ether oxygens (including phenoxy) is 1. The van der Waals surface area contributed by atoms with Gasteiger partial charge in [0.25, 0.3) is 0 Å². The minimum Gasteiger partial charge on any atom is -0.378 e. The summed E-state index contributed by atoms with van der Waals surface area (Å²) < 4.78 is 5.20. The van der Waals surface area contributed by atoms with Crippen LogP contribution in [0.15, 0.2) is 0 Å². The molecule has 2 atom stereocenters. The Bertz CT molecular complexity index is 323. The molecule has 0 bridgehead atoms. The van der Waals surface area contributed by atoms with Gasteiger partial charge >= 0.3 is 0 Å². The van der Waals surface area contributed by atoms with Gasteiger partial charge in [-0.3, -0.25) is 9.59 Å². The van der Waals surface area contributed by atoms with Crippen LogP contribution in [0.4, 0.5) is 0 Å². The molecule has 0 saturated carbocycles. The monoisotopic (exact) mass is 271 g/mol. The van der Waals surface area contributed by atoms with Crippen LogP contribution in [0.2, 0.25) is 0 Å². The Morgan fingerprint density at radius 1 is 1.42 bits per heavy atom. The van der Waals surface area contributed by atoms with Crippen LogP contribution in [0.25, 0.3) is 0 Å². The van der Waals surface area contributed by atoms with Crippen molar-refractivity contribution in [3.8, 4) is 0 Å². The van der Waals surface area contributed by atoms with Gasteiger partial charge in [-0.1, -0.05) is 6.92 Å². The van der Waals surface area contributed by atoms with E-state index < -0.39 is 11.5 Å². The van der Waals surface area contributed by atoms with Crippen LogP contribution >= 0.6 is 0 Å². The number of morpholine rings is 1. The van der Waals surface area contributed by atoms with Crippen LogP contribution in [-0.4, -0.2) is 55.6 Å². The summed E-state index contributed by atoms with van der Waals surface area (Å²) in [5.41, 5.74) is 5.03. The molecule has 1 aliphatic rings. The number of nitrogens with zero attached hydrogens (tertiary/aromatic N) is 1. The lowest BCUT2D eigenvalue weighted by atomic mass is 9.86. The number of nitrogens with two attached hydrogens (primary N) is 1. The predicted octanol–water partition coefficient (Wildman–Crippen LogP) is -0.275. The summed E-state index contributed by atoms with van der Waals surface area (Å²) >= 11 is 0. The highest BCUT2D eigenvalue weighted by atomic mass is 16.5. The molecule has 1 saturated heterocycles. The van der Waals surface area contributed by atoms with Crippen molar-refractivity contribution < 1.29 is 14.3 Å². The van der Waals surface area contributed by atoms with E-state index in [1.165, 1.54) is 0 Å². The fourth-order valence-corrected chi connectivity index (χ4v) is 1.89. The quantitative estimate of drug-likeness (QED) is 0.720. The Kier molecular flexibility index (Phi) is 5.75. The second kappa shape index (κ2) is 6.86. The van der Waals surface area contributed by atoms with Gasteiger partial charge in [-0.2, -0.15) is 0 Å². The van der Waals surface area contributed by atoms with Gasteiger partial charge in [-0.25, -0.2) is 0 Å². The topological polar surface area (TPSA) is 84.7 Å². The molecule has 1 heterocycles. The molecule has 1 fully saturated rings. The van der Waals surface area contributed by atoms with Crippen molar-refractivity contribution in [2.45, 2.75) is 33.2 Å². The summed E-state index contributed by atoms with van der Waals surface area (Å²) in [6, 6.07) is -0.525. The zero-order chi connectivity index (χ0) is 14.5. The average molecular weight is 271 g/mol. The zero-order valence-electron chi connectivity index (χ0n) is 12.1. The molecule has 6 heteroatoms. The fraction of sp³-hybridized carbons (Fsp3) is 0.846. The highest BCUT2D eigenvalue weighted by Crippen LogP contribution is 2.19. The first-order chi connectivity index (χ1) is 8.94. The number of rotatable bonds is 5. The van der Waals surface area contributed by atoms with Crippen LogP contribution in [0.1, 0.15) is 27.2 Å². The maximum atomic E-state index is 12.2. The molecule has 0 aromatic carbocycles. The van der Waals surface area contributed by atoms with Gasteiger partial charge < -0.3 is 20.7 Å². The van der Waals surface area contributed by atoms with Gasteiger partial charge in [0.15, 0.2) is 0 Å². The lowest BCUT2D eigenvalue weighted by Crippen LogP contribution is -2.54. The molecule has 0 aliphatic carbocycles. The summed E-state index contributed by atoms with van der Waals surface area (Å²) in [5, 5.41) is 2.77. The highest BCUT2D eigenvalue weighted by Gasteiger charge is 2.32. The van der Waals surface area contributed by atoms with E-state index in [1.54, 1.807) is 11.8 Å². The summed E-state index contributed by atoms with van der Waals surface area (Å²) in [6.07, 6.45) is 0.647. The van der Waals surface area contributed by atoms with Crippen LogP contribution in [0.3, 0.4) is 0 Å². The van der Waals surface area contributed by atoms with E-state index in [4.69, 9.17) is 10.5 Å². The third-order valence-corrected chi connectivity index (χ3v) is 3.82. The second-order valence-electron chi connectivity index (χ2n) is 5.25. The normalized spacial score (nSPS) is 20.5. The Balaban J connectivity index is 2.56. The molecule has 6 nitrogen and oxygen atoms in total. The van der Waals surface area contributed by atoms with Gasteiger partial charge in [0, 0.05) is 19.6 Å². The number of carbonyl (C=O) groups excluding carboxylic acids is 2. The maximum absolute atomic E-state index is 12.2. The van der Waals surface area contributed by atoms with Gasteiger partial charge in [0.05, 0.1) is 18.6 Å².